The Morgan fingerprint density at radius 3 is 2.29 bits per heavy atom. The van der Waals surface area contributed by atoms with Crippen molar-refractivity contribution in [3.8, 4) is 0 Å². The predicted molar refractivity (Wildman–Crippen MR) is 56.6 cm³/mol. The van der Waals surface area contributed by atoms with Crippen LogP contribution >= 0.6 is 0 Å². The average Bonchev–Trinajstić information content (AvgIpc) is 1.99. The van der Waals surface area contributed by atoms with Gasteiger partial charge in [-0.15, -0.1) is 0 Å². The maximum absolute atomic E-state index is 11.0. The Labute approximate surface area is 85.6 Å². The van der Waals surface area contributed by atoms with Crippen LogP contribution in [0.1, 0.15) is 27.2 Å². The van der Waals surface area contributed by atoms with Crippen molar-refractivity contribution in [2.24, 2.45) is 17.4 Å². The molecule has 1 aliphatic heterocycles. The molecule has 1 amide bonds. The number of nitrogens with two attached hydrogens (primary N) is 2. The average molecular weight is 199 g/mol. The van der Waals surface area contributed by atoms with Gasteiger partial charge < -0.3 is 11.5 Å². The van der Waals surface area contributed by atoms with Crippen LogP contribution in [0.2, 0.25) is 0 Å². The fourth-order valence-corrected chi connectivity index (χ4v) is 1.98. The highest BCUT2D eigenvalue weighted by Gasteiger charge is 2.38. The summed E-state index contributed by atoms with van der Waals surface area (Å²) in [6, 6.07) is 0.258. The van der Waals surface area contributed by atoms with Crippen LogP contribution in [0.15, 0.2) is 0 Å². The van der Waals surface area contributed by atoms with E-state index < -0.39 is 0 Å². The van der Waals surface area contributed by atoms with Crippen molar-refractivity contribution in [2.75, 3.05) is 6.54 Å². The summed E-state index contributed by atoms with van der Waals surface area (Å²) >= 11 is 0. The van der Waals surface area contributed by atoms with Gasteiger partial charge in [-0.2, -0.15) is 0 Å². The van der Waals surface area contributed by atoms with Crippen LogP contribution in [0, 0.1) is 5.92 Å². The third kappa shape index (κ3) is 2.07. The first-order valence-corrected chi connectivity index (χ1v) is 5.25. The molecule has 0 saturated carbocycles. The van der Waals surface area contributed by atoms with Crippen LogP contribution in [0.25, 0.3) is 0 Å². The lowest BCUT2D eigenvalue weighted by atomic mass is 9.91. The van der Waals surface area contributed by atoms with Gasteiger partial charge in [0.05, 0.1) is 6.04 Å². The Bertz CT molecular complexity index is 217. The van der Waals surface area contributed by atoms with Crippen LogP contribution < -0.4 is 11.5 Å². The first-order chi connectivity index (χ1) is 6.45. The third-order valence-electron chi connectivity index (χ3n) is 3.24. The minimum absolute atomic E-state index is 0.0881. The van der Waals surface area contributed by atoms with Crippen LogP contribution in [0.4, 0.5) is 0 Å². The second-order valence-electron chi connectivity index (χ2n) is 4.51. The number of primary amides is 1. The second kappa shape index (κ2) is 4.28. The molecule has 0 aromatic rings. The minimum Gasteiger partial charge on any atom is -0.368 e. The van der Waals surface area contributed by atoms with Gasteiger partial charge in [0.1, 0.15) is 0 Å². The van der Waals surface area contributed by atoms with Gasteiger partial charge in [-0.3, -0.25) is 9.69 Å². The zero-order valence-corrected chi connectivity index (χ0v) is 9.23. The quantitative estimate of drug-likeness (QED) is 0.665. The number of carbonyl (C=O) groups is 1. The van der Waals surface area contributed by atoms with E-state index in [4.69, 9.17) is 11.5 Å². The lowest BCUT2D eigenvalue weighted by molar-refractivity contribution is -0.129. The van der Waals surface area contributed by atoms with E-state index in [1.165, 1.54) is 0 Å². The van der Waals surface area contributed by atoms with Crippen LogP contribution in [-0.4, -0.2) is 35.5 Å². The zero-order valence-electron chi connectivity index (χ0n) is 9.23. The number of likely N-dealkylation sites (tertiary alicyclic amines) is 1. The first kappa shape index (κ1) is 11.5. The number of hydrogen-bond donors (Lipinski definition) is 2. The molecule has 3 atom stereocenters. The number of carbonyl (C=O) groups excluding carboxylic acids is 1. The minimum atomic E-state index is -0.223. The summed E-state index contributed by atoms with van der Waals surface area (Å²) in [5, 5.41) is 0. The Kier molecular flexibility index (Phi) is 3.50. The van der Waals surface area contributed by atoms with E-state index in [0.29, 0.717) is 5.92 Å². The molecule has 1 saturated heterocycles. The molecular weight excluding hydrogens is 178 g/mol. The van der Waals surface area contributed by atoms with Gasteiger partial charge in [-0.05, 0) is 19.3 Å². The van der Waals surface area contributed by atoms with Crippen LogP contribution in [0.5, 0.6) is 0 Å². The van der Waals surface area contributed by atoms with Gasteiger partial charge in [-0.1, -0.05) is 13.8 Å². The number of rotatable bonds is 4. The fraction of sp³-hybridized carbons (Fsp3) is 0.900. The highest BCUT2D eigenvalue weighted by Crippen LogP contribution is 2.23. The van der Waals surface area contributed by atoms with Gasteiger partial charge in [0, 0.05) is 18.6 Å². The van der Waals surface area contributed by atoms with E-state index in [1.54, 1.807) is 0 Å². The summed E-state index contributed by atoms with van der Waals surface area (Å²) in [4.78, 5) is 13.1. The molecule has 1 rings (SSSR count). The van der Waals surface area contributed by atoms with E-state index in [0.717, 1.165) is 13.0 Å². The summed E-state index contributed by atoms with van der Waals surface area (Å²) in [5.74, 6) is 0.207. The smallest absolute Gasteiger partial charge is 0.234 e. The monoisotopic (exact) mass is 199 g/mol. The highest BCUT2D eigenvalue weighted by atomic mass is 16.1. The zero-order chi connectivity index (χ0) is 10.9. The van der Waals surface area contributed by atoms with E-state index in [9.17, 15) is 4.79 Å². The van der Waals surface area contributed by atoms with Crippen molar-refractivity contribution >= 4 is 5.91 Å². The molecule has 0 aromatic heterocycles. The summed E-state index contributed by atoms with van der Waals surface area (Å²) in [6.07, 6.45) is 0.879. The lowest BCUT2D eigenvalue weighted by Crippen LogP contribution is -2.62. The summed E-state index contributed by atoms with van der Waals surface area (Å²) in [5.41, 5.74) is 11.3. The van der Waals surface area contributed by atoms with Crippen molar-refractivity contribution in [1.82, 2.24) is 4.90 Å². The van der Waals surface area contributed by atoms with Gasteiger partial charge in [0.2, 0.25) is 5.91 Å². The predicted octanol–water partition coefficient (Wildman–Crippen LogP) is -0.0822. The van der Waals surface area contributed by atoms with E-state index in [1.807, 2.05) is 0 Å². The molecular formula is C10H21N3O. The van der Waals surface area contributed by atoms with Gasteiger partial charge in [0.15, 0.2) is 0 Å². The maximum atomic E-state index is 11.0. The third-order valence-corrected chi connectivity index (χ3v) is 3.24. The van der Waals surface area contributed by atoms with E-state index >= 15 is 0 Å². The van der Waals surface area contributed by atoms with E-state index in [-0.39, 0.29) is 24.0 Å². The molecule has 0 aliphatic carbocycles. The lowest BCUT2D eigenvalue weighted by Gasteiger charge is -2.45. The number of nitrogens with zero attached hydrogens (tertiary/aromatic N) is 1. The maximum Gasteiger partial charge on any atom is 0.234 e. The molecule has 1 fully saturated rings. The molecule has 82 valence electrons. The Morgan fingerprint density at radius 2 is 2.00 bits per heavy atom. The topological polar surface area (TPSA) is 72.3 Å². The van der Waals surface area contributed by atoms with Gasteiger partial charge in [-0.25, -0.2) is 0 Å². The molecule has 14 heavy (non-hydrogen) atoms. The Balaban J connectivity index is 2.53. The first-order valence-electron chi connectivity index (χ1n) is 5.25. The van der Waals surface area contributed by atoms with E-state index in [2.05, 4.69) is 25.7 Å². The largest absolute Gasteiger partial charge is 0.368 e. The molecule has 4 nitrogen and oxygen atoms in total. The molecule has 4 heteroatoms. The molecule has 0 bridgehead atoms. The number of hydrogen-bond acceptors (Lipinski definition) is 3. The van der Waals surface area contributed by atoms with Crippen LogP contribution in [-0.2, 0) is 4.79 Å². The highest BCUT2D eigenvalue weighted by molar-refractivity contribution is 5.80. The fourth-order valence-electron chi connectivity index (χ4n) is 1.98. The van der Waals surface area contributed by atoms with Crippen molar-refractivity contribution in [1.29, 1.82) is 0 Å². The molecule has 3 unspecified atom stereocenters. The van der Waals surface area contributed by atoms with Crippen molar-refractivity contribution in [3.05, 3.63) is 0 Å². The molecule has 0 aromatic carbocycles. The van der Waals surface area contributed by atoms with Gasteiger partial charge in [0.25, 0.3) is 0 Å². The second-order valence-corrected chi connectivity index (χ2v) is 4.51. The number of amides is 1. The molecule has 0 radical (unpaired) electrons. The molecule has 4 N–H and O–H groups in total. The standard InChI is InChI=1S/C10H21N3O/c1-6(2)9(11)7(3)13-5-4-8(13)10(12)14/h6-9H,4-5,11H2,1-3H3,(H2,12,14). The van der Waals surface area contributed by atoms with Crippen molar-refractivity contribution in [2.45, 2.75) is 45.3 Å². The van der Waals surface area contributed by atoms with Crippen molar-refractivity contribution in [3.63, 3.8) is 0 Å². The Morgan fingerprint density at radius 1 is 1.43 bits per heavy atom. The molecule has 1 aliphatic rings. The van der Waals surface area contributed by atoms with Crippen LogP contribution in [0.3, 0.4) is 0 Å². The summed E-state index contributed by atoms with van der Waals surface area (Å²) < 4.78 is 0. The molecule has 1 heterocycles. The Hall–Kier alpha value is -0.610. The van der Waals surface area contributed by atoms with Gasteiger partial charge >= 0.3 is 0 Å². The molecule has 0 spiro atoms. The summed E-state index contributed by atoms with van der Waals surface area (Å²) in [7, 11) is 0. The summed E-state index contributed by atoms with van der Waals surface area (Å²) in [6.45, 7) is 7.20. The SMILES string of the molecule is CC(C)C(N)C(C)N1CCC1C(N)=O. The normalized spacial score (nSPS) is 27.1. The van der Waals surface area contributed by atoms with Crippen molar-refractivity contribution < 1.29 is 4.79 Å².